The number of nitrogens with one attached hydrogen (secondary N) is 2. The van der Waals surface area contributed by atoms with Crippen molar-refractivity contribution in [2.24, 2.45) is 0 Å². The third kappa shape index (κ3) is 2.20. The van der Waals surface area contributed by atoms with Gasteiger partial charge in [0.25, 0.3) is 5.56 Å². The molecule has 0 aliphatic carbocycles. The van der Waals surface area contributed by atoms with E-state index >= 15 is 0 Å². The van der Waals surface area contributed by atoms with E-state index in [2.05, 4.69) is 19.9 Å². The van der Waals surface area contributed by atoms with Crippen molar-refractivity contribution >= 4 is 17.1 Å². The molecule has 0 aliphatic heterocycles. The molecule has 0 amide bonds. The first-order valence-corrected chi connectivity index (χ1v) is 2.96. The molecule has 0 atom stereocenters. The molecular weight excluding hydrogens is 313 g/mol. The van der Waals surface area contributed by atoms with Gasteiger partial charge in [0.1, 0.15) is 0 Å². The molecule has 2 aromatic rings. The van der Waals surface area contributed by atoms with E-state index in [1.54, 1.807) is 0 Å². The van der Waals surface area contributed by atoms with Crippen LogP contribution in [0.3, 0.4) is 0 Å². The van der Waals surface area contributed by atoms with Crippen LogP contribution in [0.1, 0.15) is 0 Å². The standard InChI is InChI=1S/C5H5N5O.Ag.Co/c6-5-9-3-2(4(11)10-5)7-1-8-3;;/h1H,(H4,6,7,8,9,10,11);;. The first-order valence-electron chi connectivity index (χ1n) is 2.96. The van der Waals surface area contributed by atoms with Gasteiger partial charge >= 0.3 is 0 Å². The molecule has 0 aliphatic rings. The maximum Gasteiger partial charge on any atom is 0.278 e. The van der Waals surface area contributed by atoms with E-state index in [0.717, 1.165) is 0 Å². The normalized spacial score (nSPS) is 8.92. The molecule has 6 nitrogen and oxygen atoms in total. The van der Waals surface area contributed by atoms with Gasteiger partial charge in [-0.3, -0.25) is 9.78 Å². The fourth-order valence-corrected chi connectivity index (χ4v) is 0.860. The summed E-state index contributed by atoms with van der Waals surface area (Å²) in [6.07, 6.45) is 1.40. The van der Waals surface area contributed by atoms with E-state index in [-0.39, 0.29) is 50.7 Å². The molecule has 0 spiro atoms. The zero-order chi connectivity index (χ0) is 7.84. The van der Waals surface area contributed by atoms with Crippen LogP contribution < -0.4 is 11.3 Å². The first kappa shape index (κ1) is 12.4. The van der Waals surface area contributed by atoms with E-state index in [9.17, 15) is 4.79 Å². The van der Waals surface area contributed by atoms with Crippen molar-refractivity contribution in [3.05, 3.63) is 16.7 Å². The number of aromatic amines is 2. The summed E-state index contributed by atoms with van der Waals surface area (Å²) in [5, 5.41) is 0. The van der Waals surface area contributed by atoms with Crippen molar-refractivity contribution in [2.75, 3.05) is 5.73 Å². The van der Waals surface area contributed by atoms with Crippen LogP contribution in [0.5, 0.6) is 0 Å². The van der Waals surface area contributed by atoms with Crippen LogP contribution in [-0.2, 0) is 39.2 Å². The third-order valence-electron chi connectivity index (χ3n) is 1.31. The Balaban J connectivity index is 0.000000720. The summed E-state index contributed by atoms with van der Waals surface area (Å²) in [6.45, 7) is 0. The summed E-state index contributed by atoms with van der Waals surface area (Å²) in [4.78, 5) is 23.5. The maximum atomic E-state index is 11.0. The average molecular weight is 318 g/mol. The quantitative estimate of drug-likeness (QED) is 0.555. The van der Waals surface area contributed by atoms with Crippen LogP contribution in [-0.4, -0.2) is 19.9 Å². The Morgan fingerprint density at radius 2 is 2.15 bits per heavy atom. The number of aromatic nitrogens is 4. The zero-order valence-electron chi connectivity index (χ0n) is 6.09. The Hall–Kier alpha value is -0.603. The number of imidazole rings is 1. The SMILES string of the molecule is Nc1nc2nc[nH]c2c(=O)[nH]1.[Ag].[Co]. The number of nitrogen functional groups attached to an aromatic ring is 1. The summed E-state index contributed by atoms with van der Waals surface area (Å²) < 4.78 is 0. The van der Waals surface area contributed by atoms with Gasteiger partial charge < -0.3 is 10.7 Å². The Kier molecular flexibility index (Phi) is 4.37. The number of rotatable bonds is 0. The van der Waals surface area contributed by atoms with Gasteiger partial charge in [-0.05, 0) is 0 Å². The summed E-state index contributed by atoms with van der Waals surface area (Å²) in [7, 11) is 0. The van der Waals surface area contributed by atoms with E-state index in [1.165, 1.54) is 6.33 Å². The van der Waals surface area contributed by atoms with Gasteiger partial charge in [0, 0.05) is 39.2 Å². The molecule has 0 fully saturated rings. The summed E-state index contributed by atoms with van der Waals surface area (Å²) in [5.41, 5.74) is 5.65. The molecule has 0 bridgehead atoms. The van der Waals surface area contributed by atoms with Gasteiger partial charge in [-0.25, -0.2) is 4.98 Å². The van der Waals surface area contributed by atoms with Crippen LogP contribution in [0.25, 0.3) is 11.2 Å². The van der Waals surface area contributed by atoms with E-state index < -0.39 is 0 Å². The van der Waals surface area contributed by atoms with Gasteiger partial charge in [0.05, 0.1) is 6.33 Å². The smallest absolute Gasteiger partial charge is 0.278 e. The van der Waals surface area contributed by atoms with Crippen LogP contribution in [0.15, 0.2) is 11.1 Å². The second-order valence-corrected chi connectivity index (χ2v) is 2.05. The van der Waals surface area contributed by atoms with E-state index in [0.29, 0.717) is 11.2 Å². The van der Waals surface area contributed by atoms with Crippen LogP contribution in [0.4, 0.5) is 5.95 Å². The summed E-state index contributed by atoms with van der Waals surface area (Å²) in [5.74, 6) is 0.0783. The molecule has 8 heteroatoms. The second kappa shape index (κ2) is 4.58. The van der Waals surface area contributed by atoms with Gasteiger partial charge in [0.2, 0.25) is 5.95 Å². The number of hydrogen-bond acceptors (Lipinski definition) is 4. The molecule has 2 aromatic heterocycles. The molecule has 2 rings (SSSR count). The number of anilines is 1. The van der Waals surface area contributed by atoms with Crippen molar-refractivity contribution in [3.8, 4) is 0 Å². The molecule has 0 saturated heterocycles. The van der Waals surface area contributed by atoms with E-state index in [4.69, 9.17) is 5.73 Å². The Labute approximate surface area is 98.4 Å². The molecule has 76 valence electrons. The fourth-order valence-electron chi connectivity index (χ4n) is 0.860. The van der Waals surface area contributed by atoms with Crippen molar-refractivity contribution in [1.29, 1.82) is 0 Å². The average Bonchev–Trinajstić information content (AvgIpc) is 2.34. The Morgan fingerprint density at radius 1 is 1.46 bits per heavy atom. The van der Waals surface area contributed by atoms with Crippen molar-refractivity contribution < 1.29 is 39.2 Å². The first-order chi connectivity index (χ1) is 5.27. The largest absolute Gasteiger partial charge is 0.369 e. The molecule has 0 unspecified atom stereocenters. The Morgan fingerprint density at radius 3 is 2.85 bits per heavy atom. The number of nitrogens with two attached hydrogens (primary N) is 1. The molecule has 0 saturated carbocycles. The van der Waals surface area contributed by atoms with Gasteiger partial charge in [-0.2, -0.15) is 4.98 Å². The van der Waals surface area contributed by atoms with Crippen molar-refractivity contribution in [2.45, 2.75) is 0 Å². The van der Waals surface area contributed by atoms with Gasteiger partial charge in [-0.15, -0.1) is 0 Å². The minimum absolute atomic E-state index is 0. The fraction of sp³-hybridized carbons (Fsp3) is 0. The van der Waals surface area contributed by atoms with Crippen LogP contribution >= 0.6 is 0 Å². The predicted molar refractivity (Wildman–Crippen MR) is 38.9 cm³/mol. The maximum absolute atomic E-state index is 11.0. The number of nitrogens with zero attached hydrogens (tertiary/aromatic N) is 2. The third-order valence-corrected chi connectivity index (χ3v) is 1.31. The van der Waals surface area contributed by atoms with Crippen molar-refractivity contribution in [1.82, 2.24) is 19.9 Å². The molecule has 2 radical (unpaired) electrons. The Bertz CT molecular complexity index is 451. The minimum atomic E-state index is -0.301. The molecule has 4 N–H and O–H groups in total. The number of H-pyrrole nitrogens is 2. The summed E-state index contributed by atoms with van der Waals surface area (Å²) in [6, 6.07) is 0. The monoisotopic (exact) mass is 317 g/mol. The number of hydrogen-bond donors (Lipinski definition) is 3. The van der Waals surface area contributed by atoms with Crippen molar-refractivity contribution in [3.63, 3.8) is 0 Å². The predicted octanol–water partition coefficient (Wildman–Crippen LogP) is -0.777. The van der Waals surface area contributed by atoms with E-state index in [1.807, 2.05) is 0 Å². The molecule has 13 heavy (non-hydrogen) atoms. The zero-order valence-corrected chi connectivity index (χ0v) is 8.62. The topological polar surface area (TPSA) is 100 Å². The molecule has 0 aromatic carbocycles. The number of fused-ring (bicyclic) bond motifs is 1. The second-order valence-electron chi connectivity index (χ2n) is 2.05. The van der Waals surface area contributed by atoms with Crippen LogP contribution in [0.2, 0.25) is 0 Å². The molecular formula is C5H5AgCoN5O. The molecule has 2 heterocycles. The minimum Gasteiger partial charge on any atom is -0.369 e. The summed E-state index contributed by atoms with van der Waals surface area (Å²) >= 11 is 0. The van der Waals surface area contributed by atoms with Gasteiger partial charge in [0.15, 0.2) is 11.2 Å². The van der Waals surface area contributed by atoms with Crippen LogP contribution in [0, 0.1) is 0 Å². The van der Waals surface area contributed by atoms with Gasteiger partial charge in [-0.1, -0.05) is 0 Å².